The number of aromatic nitrogens is 2. The van der Waals surface area contributed by atoms with Gasteiger partial charge in [-0.1, -0.05) is 17.7 Å². The second-order valence-corrected chi connectivity index (χ2v) is 8.73. The number of aliphatic hydroxyl groups excluding tert-OH is 1. The first-order valence-electron chi connectivity index (χ1n) is 11.9. The molecule has 3 aromatic rings. The minimum Gasteiger partial charge on any atom is -0.456 e. The van der Waals surface area contributed by atoms with Crippen molar-refractivity contribution >= 4 is 40.9 Å². The van der Waals surface area contributed by atoms with Crippen molar-refractivity contribution in [1.29, 1.82) is 0 Å². The van der Waals surface area contributed by atoms with Gasteiger partial charge >= 0.3 is 6.18 Å². The molecule has 2 heterocycles. The number of rotatable bonds is 10. The molecule has 0 spiro atoms. The SMILES string of the molecule is O=C(NCCOCCO)C1=Cc2c(ncnc2Nc2ccc(Oc3cccc(C(F)(F)F)c3)c(Cl)c2)NCC1. The van der Waals surface area contributed by atoms with Crippen LogP contribution in [0.25, 0.3) is 6.08 Å². The summed E-state index contributed by atoms with van der Waals surface area (Å²) in [5.41, 5.74) is 0.784. The van der Waals surface area contributed by atoms with Crippen molar-refractivity contribution in [3.05, 3.63) is 70.5 Å². The highest BCUT2D eigenvalue weighted by Gasteiger charge is 2.30. The molecule has 0 radical (unpaired) electrons. The van der Waals surface area contributed by atoms with E-state index in [-0.39, 0.29) is 42.2 Å². The topological polar surface area (TPSA) is 118 Å². The molecule has 206 valence electrons. The molecule has 4 rings (SSSR count). The molecular formula is C26H25ClF3N5O4. The van der Waals surface area contributed by atoms with E-state index in [0.29, 0.717) is 48.0 Å². The van der Waals surface area contributed by atoms with Crippen molar-refractivity contribution in [3.63, 3.8) is 0 Å². The molecule has 13 heteroatoms. The van der Waals surface area contributed by atoms with E-state index < -0.39 is 11.7 Å². The van der Waals surface area contributed by atoms with Gasteiger partial charge in [-0.15, -0.1) is 0 Å². The summed E-state index contributed by atoms with van der Waals surface area (Å²) in [6.45, 7) is 1.16. The van der Waals surface area contributed by atoms with E-state index >= 15 is 0 Å². The first-order valence-corrected chi connectivity index (χ1v) is 12.3. The van der Waals surface area contributed by atoms with Crippen LogP contribution in [0.15, 0.2) is 54.4 Å². The van der Waals surface area contributed by atoms with Gasteiger partial charge in [0.05, 0.1) is 36.0 Å². The van der Waals surface area contributed by atoms with Crippen LogP contribution >= 0.6 is 11.6 Å². The summed E-state index contributed by atoms with van der Waals surface area (Å²) in [6.07, 6.45) is -0.968. The molecule has 0 unspecified atom stereocenters. The number of halogens is 4. The van der Waals surface area contributed by atoms with Crippen LogP contribution in [-0.2, 0) is 15.7 Å². The van der Waals surface area contributed by atoms with Crippen LogP contribution in [0.1, 0.15) is 17.5 Å². The number of alkyl halides is 3. The number of benzene rings is 2. The van der Waals surface area contributed by atoms with Crippen LogP contribution in [0.4, 0.5) is 30.5 Å². The predicted octanol–water partition coefficient (Wildman–Crippen LogP) is 5.01. The van der Waals surface area contributed by atoms with Crippen molar-refractivity contribution in [3.8, 4) is 11.5 Å². The minimum absolute atomic E-state index is 0.00414. The lowest BCUT2D eigenvalue weighted by atomic mass is 10.1. The summed E-state index contributed by atoms with van der Waals surface area (Å²) < 4.78 is 49.8. The zero-order valence-electron chi connectivity index (χ0n) is 20.5. The third-order valence-electron chi connectivity index (χ3n) is 5.53. The predicted molar refractivity (Wildman–Crippen MR) is 140 cm³/mol. The zero-order valence-corrected chi connectivity index (χ0v) is 21.3. The van der Waals surface area contributed by atoms with E-state index in [1.54, 1.807) is 18.2 Å². The Kier molecular flexibility index (Phi) is 9.23. The number of aliphatic hydroxyl groups is 1. The molecule has 1 amide bonds. The van der Waals surface area contributed by atoms with Crippen LogP contribution in [0.5, 0.6) is 11.5 Å². The molecule has 0 aliphatic carbocycles. The first-order chi connectivity index (χ1) is 18.7. The Hall–Kier alpha value is -3.87. The zero-order chi connectivity index (χ0) is 27.8. The van der Waals surface area contributed by atoms with Gasteiger partial charge in [-0.25, -0.2) is 9.97 Å². The molecule has 4 N–H and O–H groups in total. The van der Waals surface area contributed by atoms with E-state index in [4.69, 9.17) is 26.2 Å². The summed E-state index contributed by atoms with van der Waals surface area (Å²) >= 11 is 6.37. The van der Waals surface area contributed by atoms with Crippen molar-refractivity contribution < 1.29 is 32.5 Å². The average molecular weight is 564 g/mol. The molecule has 1 aromatic heterocycles. The third kappa shape index (κ3) is 7.59. The van der Waals surface area contributed by atoms with Gasteiger partial charge in [-0.3, -0.25) is 4.79 Å². The van der Waals surface area contributed by atoms with E-state index in [1.165, 1.54) is 24.5 Å². The summed E-state index contributed by atoms with van der Waals surface area (Å²) in [6, 6.07) is 9.22. The lowest BCUT2D eigenvalue weighted by molar-refractivity contribution is -0.137. The fourth-order valence-electron chi connectivity index (χ4n) is 3.69. The Morgan fingerprint density at radius 1 is 1.15 bits per heavy atom. The molecule has 0 bridgehead atoms. The maximum absolute atomic E-state index is 13.0. The molecule has 0 saturated carbocycles. The number of anilines is 3. The standard InChI is InChI=1S/C26H25ClF3N5O4/c27-21-14-18(4-5-22(21)39-19-3-1-2-17(13-19)26(28,29)30)35-24-20-12-16(6-7-31-23(20)33-15-34-24)25(37)32-8-10-38-11-9-36/h1-5,12-15,36H,6-11H2,(H,32,37)(H2,31,33,34,35). The van der Waals surface area contributed by atoms with Gasteiger partial charge in [0.2, 0.25) is 5.91 Å². The fraction of sp³-hybridized carbons (Fsp3) is 0.269. The number of amides is 1. The molecular weight excluding hydrogens is 539 g/mol. The van der Waals surface area contributed by atoms with Gasteiger partial charge < -0.3 is 30.5 Å². The van der Waals surface area contributed by atoms with E-state index in [0.717, 1.165) is 12.1 Å². The normalized spacial score (nSPS) is 13.0. The van der Waals surface area contributed by atoms with E-state index in [1.807, 2.05) is 0 Å². The second kappa shape index (κ2) is 12.8. The van der Waals surface area contributed by atoms with Gasteiger partial charge in [-0.2, -0.15) is 13.2 Å². The Morgan fingerprint density at radius 2 is 2.00 bits per heavy atom. The first kappa shape index (κ1) is 28.1. The van der Waals surface area contributed by atoms with Gasteiger partial charge in [0.1, 0.15) is 29.5 Å². The average Bonchev–Trinajstić information content (AvgIpc) is 3.13. The number of carbonyl (C=O) groups is 1. The number of carbonyl (C=O) groups excluding carboxylic acids is 1. The number of fused-ring (bicyclic) bond motifs is 1. The lowest BCUT2D eigenvalue weighted by Crippen LogP contribution is -2.29. The second-order valence-electron chi connectivity index (χ2n) is 8.32. The Labute approximate surface area is 227 Å². The monoisotopic (exact) mass is 563 g/mol. The number of hydrogen-bond donors (Lipinski definition) is 4. The number of nitrogens with zero attached hydrogens (tertiary/aromatic N) is 2. The highest BCUT2D eigenvalue weighted by molar-refractivity contribution is 6.32. The van der Waals surface area contributed by atoms with Crippen LogP contribution in [0, 0.1) is 0 Å². The van der Waals surface area contributed by atoms with Crippen LogP contribution in [-0.4, -0.2) is 53.9 Å². The highest BCUT2D eigenvalue weighted by Crippen LogP contribution is 2.36. The van der Waals surface area contributed by atoms with Crippen LogP contribution in [0.3, 0.4) is 0 Å². The summed E-state index contributed by atoms with van der Waals surface area (Å²) in [7, 11) is 0. The van der Waals surface area contributed by atoms with Crippen molar-refractivity contribution in [2.75, 3.05) is 43.5 Å². The lowest BCUT2D eigenvalue weighted by Gasteiger charge is -2.14. The number of nitrogens with one attached hydrogen (secondary N) is 3. The molecule has 1 aliphatic rings. The number of hydrogen-bond acceptors (Lipinski definition) is 8. The largest absolute Gasteiger partial charge is 0.456 e. The Balaban J connectivity index is 1.50. The van der Waals surface area contributed by atoms with Gasteiger partial charge in [-0.05, 0) is 48.9 Å². The van der Waals surface area contributed by atoms with Crippen LogP contribution < -0.4 is 20.7 Å². The van der Waals surface area contributed by atoms with Gasteiger partial charge in [0.25, 0.3) is 0 Å². The summed E-state index contributed by atoms with van der Waals surface area (Å²) in [4.78, 5) is 21.3. The van der Waals surface area contributed by atoms with Crippen LogP contribution in [0.2, 0.25) is 5.02 Å². The Bertz CT molecular complexity index is 1350. The molecule has 9 nitrogen and oxygen atoms in total. The third-order valence-corrected chi connectivity index (χ3v) is 5.83. The molecule has 2 aromatic carbocycles. The van der Waals surface area contributed by atoms with E-state index in [9.17, 15) is 18.0 Å². The minimum atomic E-state index is -4.49. The Morgan fingerprint density at radius 3 is 2.77 bits per heavy atom. The number of ether oxygens (including phenoxy) is 2. The van der Waals surface area contributed by atoms with E-state index in [2.05, 4.69) is 25.9 Å². The smallest absolute Gasteiger partial charge is 0.416 e. The maximum atomic E-state index is 13.0. The molecule has 1 aliphatic heterocycles. The molecule has 39 heavy (non-hydrogen) atoms. The summed E-state index contributed by atoms with van der Waals surface area (Å²) in [5.74, 6) is 0.860. The van der Waals surface area contributed by atoms with Crippen molar-refractivity contribution in [1.82, 2.24) is 15.3 Å². The molecule has 0 fully saturated rings. The maximum Gasteiger partial charge on any atom is 0.416 e. The summed E-state index contributed by atoms with van der Waals surface area (Å²) in [5, 5.41) is 18.0. The van der Waals surface area contributed by atoms with Gasteiger partial charge in [0, 0.05) is 24.4 Å². The fourth-order valence-corrected chi connectivity index (χ4v) is 3.91. The molecule has 0 saturated heterocycles. The molecule has 0 atom stereocenters. The van der Waals surface area contributed by atoms with Crippen molar-refractivity contribution in [2.45, 2.75) is 12.6 Å². The quantitative estimate of drug-likeness (QED) is 0.254. The van der Waals surface area contributed by atoms with Gasteiger partial charge in [0.15, 0.2) is 0 Å². The highest BCUT2D eigenvalue weighted by atomic mass is 35.5. The van der Waals surface area contributed by atoms with Crippen molar-refractivity contribution in [2.24, 2.45) is 0 Å².